The summed E-state index contributed by atoms with van der Waals surface area (Å²) in [6.45, 7) is 0.611. The molecule has 1 aliphatic heterocycles. The Morgan fingerprint density at radius 2 is 1.29 bits per heavy atom. The van der Waals surface area contributed by atoms with Crippen LogP contribution in [0.5, 0.6) is 0 Å². The molecule has 264 valence electrons. The lowest BCUT2D eigenvalue weighted by Crippen LogP contribution is -2.43. The van der Waals surface area contributed by atoms with E-state index in [0.29, 0.717) is 0 Å². The topological polar surface area (TPSA) is 203 Å². The van der Waals surface area contributed by atoms with Crippen molar-refractivity contribution in [3.05, 3.63) is 124 Å². The first-order valence-electron chi connectivity index (χ1n) is 15.7. The van der Waals surface area contributed by atoms with Crippen LogP contribution < -0.4 is 16.3 Å². The van der Waals surface area contributed by atoms with Gasteiger partial charge in [-0.15, -0.1) is 0 Å². The van der Waals surface area contributed by atoms with Gasteiger partial charge < -0.3 is 34.3 Å². The molecule has 2 N–H and O–H groups in total. The summed E-state index contributed by atoms with van der Waals surface area (Å²) in [7, 11) is 0. The fourth-order valence-electron chi connectivity index (χ4n) is 4.88. The zero-order chi connectivity index (χ0) is 36.2. The smallest absolute Gasteiger partial charge is 0.368 e. The first-order chi connectivity index (χ1) is 24.7. The summed E-state index contributed by atoms with van der Waals surface area (Å²) in [5.41, 5.74) is -0.417. The van der Waals surface area contributed by atoms with Crippen LogP contribution in [0.25, 0.3) is 0 Å². The van der Waals surface area contributed by atoms with E-state index in [1.807, 2.05) is 0 Å². The maximum Gasteiger partial charge on any atom is 0.368 e. The summed E-state index contributed by atoms with van der Waals surface area (Å²) in [6.07, 6.45) is -4.56. The minimum Gasteiger partial charge on any atom is -0.465 e. The Morgan fingerprint density at radius 3 is 1.84 bits per heavy atom. The number of rotatable bonds is 14. The highest BCUT2D eigenvalue weighted by Crippen LogP contribution is 2.34. The molecule has 0 spiro atoms. The van der Waals surface area contributed by atoms with Crippen LogP contribution in [0, 0.1) is 0 Å². The summed E-state index contributed by atoms with van der Waals surface area (Å²) in [6, 6.07) is 24.1. The van der Waals surface area contributed by atoms with Crippen molar-refractivity contribution in [2.24, 2.45) is 0 Å². The molecule has 51 heavy (non-hydrogen) atoms. The van der Waals surface area contributed by atoms with Crippen LogP contribution in [-0.2, 0) is 33.3 Å². The van der Waals surface area contributed by atoms with Crippen LogP contribution in [0.4, 0.5) is 5.82 Å². The third kappa shape index (κ3) is 9.60. The van der Waals surface area contributed by atoms with Crippen molar-refractivity contribution in [1.82, 2.24) is 20.1 Å². The van der Waals surface area contributed by atoms with Gasteiger partial charge in [-0.3, -0.25) is 9.59 Å². The minimum atomic E-state index is -1.52. The largest absolute Gasteiger partial charge is 0.465 e. The minimum absolute atomic E-state index is 0.0984. The lowest BCUT2D eigenvalue weighted by Gasteiger charge is -2.24. The van der Waals surface area contributed by atoms with E-state index in [4.69, 9.17) is 23.7 Å². The van der Waals surface area contributed by atoms with Crippen LogP contribution in [-0.4, -0.2) is 89.2 Å². The molecule has 1 aromatic heterocycles. The quantitative estimate of drug-likeness (QED) is 0.143. The van der Waals surface area contributed by atoms with Crippen LogP contribution in [0.2, 0.25) is 0 Å². The highest BCUT2D eigenvalue weighted by atomic mass is 16.7. The van der Waals surface area contributed by atoms with Gasteiger partial charge in [-0.1, -0.05) is 54.6 Å². The van der Waals surface area contributed by atoms with Gasteiger partial charge in [0.2, 0.25) is 5.91 Å². The van der Waals surface area contributed by atoms with Gasteiger partial charge >= 0.3 is 29.6 Å². The Kier molecular flexibility index (Phi) is 12.2. The zero-order valence-corrected chi connectivity index (χ0v) is 27.2. The molecule has 4 aromatic rings. The van der Waals surface area contributed by atoms with Crippen molar-refractivity contribution in [1.29, 1.82) is 0 Å². The maximum absolute atomic E-state index is 13.4. The number of nitrogens with zero attached hydrogens (tertiary/aromatic N) is 3. The molecule has 0 saturated carbocycles. The second kappa shape index (κ2) is 17.3. The van der Waals surface area contributed by atoms with Gasteiger partial charge in [0.1, 0.15) is 19.3 Å². The standard InChI is InChI=1S/C35H33N5O11/c1-2-47-28(42)20-37-27(41)19-36-26-18-38-40(35(46)39-26)31-30(51-34(45)24-16-10-5-11-17-24)29(50-33(44)23-14-8-4-9-15-23)25(49-31)21-48-32(43)22-12-6-3-7-13-22/h3-18,25,29-31H,2,19-21H2,1H3,(H,37,41)(H,36,39,46). The number of amides is 1. The first kappa shape index (κ1) is 35.9. The van der Waals surface area contributed by atoms with E-state index in [1.54, 1.807) is 73.7 Å². The summed E-state index contributed by atoms with van der Waals surface area (Å²) < 4.78 is 28.9. The summed E-state index contributed by atoms with van der Waals surface area (Å²) in [5.74, 6) is -3.63. The highest BCUT2D eigenvalue weighted by molar-refractivity contribution is 5.91. The summed E-state index contributed by atoms with van der Waals surface area (Å²) in [5, 5.41) is 9.11. The molecular weight excluding hydrogens is 666 g/mol. The molecule has 0 bridgehead atoms. The molecular formula is C35H33N5O11. The number of esters is 4. The molecule has 16 nitrogen and oxygen atoms in total. The van der Waals surface area contributed by atoms with E-state index in [9.17, 15) is 28.8 Å². The number of anilines is 1. The van der Waals surface area contributed by atoms with Crippen molar-refractivity contribution in [3.63, 3.8) is 0 Å². The van der Waals surface area contributed by atoms with Crippen molar-refractivity contribution in [2.45, 2.75) is 31.5 Å². The van der Waals surface area contributed by atoms with Gasteiger partial charge in [0.15, 0.2) is 24.3 Å². The first-order valence-corrected chi connectivity index (χ1v) is 15.7. The molecule has 16 heteroatoms. The monoisotopic (exact) mass is 699 g/mol. The number of ether oxygens (including phenoxy) is 5. The molecule has 1 aliphatic rings. The number of nitrogens with one attached hydrogen (secondary N) is 2. The van der Waals surface area contributed by atoms with Crippen molar-refractivity contribution in [2.75, 3.05) is 31.6 Å². The van der Waals surface area contributed by atoms with Gasteiger partial charge in [-0.2, -0.15) is 14.8 Å². The van der Waals surface area contributed by atoms with Crippen molar-refractivity contribution in [3.8, 4) is 0 Å². The Morgan fingerprint density at radius 1 is 0.745 bits per heavy atom. The Hall–Kier alpha value is -6.42. The second-order valence-corrected chi connectivity index (χ2v) is 10.8. The van der Waals surface area contributed by atoms with E-state index >= 15 is 0 Å². The normalized spacial score (nSPS) is 17.8. The average Bonchev–Trinajstić information content (AvgIpc) is 3.48. The highest BCUT2D eigenvalue weighted by Gasteiger charge is 2.52. The molecule has 1 saturated heterocycles. The van der Waals surface area contributed by atoms with E-state index in [1.165, 1.54) is 24.3 Å². The zero-order valence-electron chi connectivity index (χ0n) is 27.2. The number of hydrogen-bond acceptors (Lipinski definition) is 14. The van der Waals surface area contributed by atoms with Crippen molar-refractivity contribution >= 4 is 35.6 Å². The maximum atomic E-state index is 13.4. The fraction of sp³-hybridized carbons (Fsp3) is 0.257. The fourth-order valence-corrected chi connectivity index (χ4v) is 4.88. The number of hydrogen-bond donors (Lipinski definition) is 2. The number of aromatic nitrogens is 3. The molecule has 0 aliphatic carbocycles. The number of benzene rings is 3. The van der Waals surface area contributed by atoms with Crippen LogP contribution in [0.15, 0.2) is 102 Å². The van der Waals surface area contributed by atoms with E-state index < -0.39 is 66.6 Å². The predicted molar refractivity (Wildman–Crippen MR) is 176 cm³/mol. The van der Waals surface area contributed by atoms with Crippen LogP contribution >= 0.6 is 0 Å². The Labute approximate surface area is 290 Å². The predicted octanol–water partition coefficient (Wildman–Crippen LogP) is 1.94. The third-order valence-corrected chi connectivity index (χ3v) is 7.30. The molecule has 5 rings (SSSR count). The molecule has 4 atom stereocenters. The summed E-state index contributed by atoms with van der Waals surface area (Å²) >= 11 is 0. The molecule has 0 radical (unpaired) electrons. The van der Waals surface area contributed by atoms with Crippen LogP contribution in [0.1, 0.15) is 44.2 Å². The van der Waals surface area contributed by atoms with Crippen molar-refractivity contribution < 1.29 is 47.7 Å². The van der Waals surface area contributed by atoms with E-state index in [-0.39, 0.29) is 42.2 Å². The lowest BCUT2D eigenvalue weighted by atomic mass is 10.1. The van der Waals surface area contributed by atoms with Gasteiger partial charge in [0.05, 0.1) is 36.0 Å². The van der Waals surface area contributed by atoms with E-state index in [2.05, 4.69) is 20.7 Å². The van der Waals surface area contributed by atoms with Crippen LogP contribution in [0.3, 0.4) is 0 Å². The van der Waals surface area contributed by atoms with E-state index in [0.717, 1.165) is 10.9 Å². The summed E-state index contributed by atoms with van der Waals surface area (Å²) in [4.78, 5) is 80.4. The average molecular weight is 700 g/mol. The molecule has 4 unspecified atom stereocenters. The van der Waals surface area contributed by atoms with Gasteiger partial charge in [0.25, 0.3) is 0 Å². The number of carbonyl (C=O) groups excluding carboxylic acids is 5. The third-order valence-electron chi connectivity index (χ3n) is 7.30. The Balaban J connectivity index is 1.41. The van der Waals surface area contributed by atoms with Gasteiger partial charge in [-0.25, -0.2) is 19.2 Å². The molecule has 1 amide bonds. The number of carbonyl (C=O) groups is 5. The molecule has 2 heterocycles. The lowest BCUT2D eigenvalue weighted by molar-refractivity contribution is -0.143. The van der Waals surface area contributed by atoms with Gasteiger partial charge in [-0.05, 0) is 43.3 Å². The SMILES string of the molecule is CCOC(=O)CNC(=O)CNc1cnn(C2OC(COC(=O)c3ccccc3)C(OC(=O)c3ccccc3)C2OC(=O)c2ccccc2)c(=O)n1. The second-order valence-electron chi connectivity index (χ2n) is 10.8. The molecule has 3 aromatic carbocycles. The molecule has 1 fully saturated rings. The van der Waals surface area contributed by atoms with Gasteiger partial charge in [0, 0.05) is 0 Å². The Bertz CT molecular complexity index is 1890.